The van der Waals surface area contributed by atoms with Gasteiger partial charge in [-0.1, -0.05) is 18.2 Å². The number of nitrogens with one attached hydrogen (secondary N) is 2. The summed E-state index contributed by atoms with van der Waals surface area (Å²) in [6, 6.07) is 20.0. The van der Waals surface area contributed by atoms with E-state index in [1.54, 1.807) is 30.3 Å². The van der Waals surface area contributed by atoms with E-state index in [0.29, 0.717) is 23.6 Å². The lowest BCUT2D eigenvalue weighted by molar-refractivity contribution is 0.0937. The average Bonchev–Trinajstić information content (AvgIpc) is 3.23. The molecule has 1 atom stereocenters. The Hall–Kier alpha value is -3.85. The van der Waals surface area contributed by atoms with Crippen molar-refractivity contribution in [3.05, 3.63) is 84.2 Å². The molecule has 0 aliphatic heterocycles. The van der Waals surface area contributed by atoms with Gasteiger partial charge in [-0.15, -0.1) is 0 Å². The molecule has 0 saturated carbocycles. The van der Waals surface area contributed by atoms with E-state index < -0.39 is 10.0 Å². The van der Waals surface area contributed by atoms with Gasteiger partial charge in [-0.05, 0) is 75.4 Å². The summed E-state index contributed by atoms with van der Waals surface area (Å²) in [7, 11) is -3.83. The summed E-state index contributed by atoms with van der Waals surface area (Å²) < 4.78 is 35.6. The smallest absolute Gasteiger partial charge is 0.261 e. The third-order valence-electron chi connectivity index (χ3n) is 5.56. The monoisotopic (exact) mass is 492 g/mol. The summed E-state index contributed by atoms with van der Waals surface area (Å²) in [4.78, 5) is 17.8. The second kappa shape index (κ2) is 10.2. The zero-order valence-electron chi connectivity index (χ0n) is 19.9. The zero-order valence-corrected chi connectivity index (χ0v) is 20.7. The molecule has 0 radical (unpaired) electrons. The minimum atomic E-state index is -3.83. The van der Waals surface area contributed by atoms with E-state index in [2.05, 4.69) is 14.6 Å². The molecule has 2 N–H and O–H groups in total. The van der Waals surface area contributed by atoms with Crippen LogP contribution < -0.4 is 14.8 Å². The number of benzene rings is 3. The average molecular weight is 493 g/mol. The fourth-order valence-electron chi connectivity index (χ4n) is 3.92. The number of amides is 1. The Bertz CT molecular complexity index is 1450. The summed E-state index contributed by atoms with van der Waals surface area (Å²) in [6.45, 7) is 6.99. The molecule has 8 nitrogen and oxygen atoms in total. The Kier molecular flexibility index (Phi) is 7.07. The van der Waals surface area contributed by atoms with Gasteiger partial charge >= 0.3 is 0 Å². The number of carbonyl (C=O) groups is 1. The second-order valence-electron chi connectivity index (χ2n) is 7.99. The van der Waals surface area contributed by atoms with E-state index in [0.717, 1.165) is 23.4 Å². The third kappa shape index (κ3) is 5.30. The fraction of sp³-hybridized carbons (Fsp3) is 0.231. The molecule has 0 saturated heterocycles. The SMILES string of the molecule is CCOc1ccc(S(=O)(=O)Nc2cccc(C(=O)NC(C)c3nc4ccccc4n3CC)c2)cc1. The molecule has 0 spiro atoms. The highest BCUT2D eigenvalue weighted by Crippen LogP contribution is 2.23. The van der Waals surface area contributed by atoms with Crippen LogP contribution >= 0.6 is 0 Å². The predicted octanol–water partition coefficient (Wildman–Crippen LogP) is 4.75. The molecule has 1 amide bonds. The molecule has 1 heterocycles. The minimum absolute atomic E-state index is 0.0999. The number of ether oxygens (including phenoxy) is 1. The molecule has 4 rings (SSSR count). The van der Waals surface area contributed by atoms with Gasteiger partial charge in [0.15, 0.2) is 0 Å². The van der Waals surface area contributed by atoms with Crippen LogP contribution in [0, 0.1) is 0 Å². The van der Waals surface area contributed by atoms with Crippen LogP contribution in [0.5, 0.6) is 5.75 Å². The molecule has 9 heteroatoms. The van der Waals surface area contributed by atoms with Crippen molar-refractivity contribution in [3.8, 4) is 5.75 Å². The molecule has 1 aromatic heterocycles. The van der Waals surface area contributed by atoms with Gasteiger partial charge in [-0.2, -0.15) is 0 Å². The van der Waals surface area contributed by atoms with Crippen molar-refractivity contribution < 1.29 is 17.9 Å². The van der Waals surface area contributed by atoms with E-state index in [9.17, 15) is 13.2 Å². The molecular weight excluding hydrogens is 464 g/mol. The van der Waals surface area contributed by atoms with Crippen LogP contribution in [0.25, 0.3) is 11.0 Å². The number of hydrogen-bond donors (Lipinski definition) is 2. The second-order valence-corrected chi connectivity index (χ2v) is 9.67. The quantitative estimate of drug-likeness (QED) is 0.351. The Balaban J connectivity index is 1.50. The predicted molar refractivity (Wildman–Crippen MR) is 136 cm³/mol. The minimum Gasteiger partial charge on any atom is -0.494 e. The highest BCUT2D eigenvalue weighted by atomic mass is 32.2. The van der Waals surface area contributed by atoms with Crippen molar-refractivity contribution in [2.45, 2.75) is 38.3 Å². The number of nitrogens with zero attached hydrogens (tertiary/aromatic N) is 2. The number of carbonyl (C=O) groups excluding carboxylic acids is 1. The summed E-state index contributed by atoms with van der Waals surface area (Å²) in [5, 5.41) is 2.97. The Labute approximate surface area is 205 Å². The lowest BCUT2D eigenvalue weighted by Gasteiger charge is -2.16. The Morgan fingerprint density at radius 2 is 1.77 bits per heavy atom. The number of para-hydroxylation sites is 2. The van der Waals surface area contributed by atoms with E-state index >= 15 is 0 Å². The van der Waals surface area contributed by atoms with Crippen molar-refractivity contribution in [2.24, 2.45) is 0 Å². The maximum absolute atomic E-state index is 13.0. The standard InChI is InChI=1S/C26H28N4O4S/c1-4-30-24-12-7-6-11-23(24)28-25(30)18(3)27-26(31)19-9-8-10-20(17-19)29-35(32,33)22-15-13-21(14-16-22)34-5-2/h6-18,29H,4-5H2,1-3H3,(H,27,31). The van der Waals surface area contributed by atoms with Crippen molar-refractivity contribution in [3.63, 3.8) is 0 Å². The number of anilines is 1. The zero-order chi connectivity index (χ0) is 25.0. The van der Waals surface area contributed by atoms with Crippen molar-refractivity contribution in [2.75, 3.05) is 11.3 Å². The highest BCUT2D eigenvalue weighted by Gasteiger charge is 2.19. The third-order valence-corrected chi connectivity index (χ3v) is 6.95. The van der Waals surface area contributed by atoms with Gasteiger partial charge in [0.1, 0.15) is 11.6 Å². The first-order chi connectivity index (χ1) is 16.8. The molecule has 35 heavy (non-hydrogen) atoms. The van der Waals surface area contributed by atoms with E-state index in [-0.39, 0.29) is 16.8 Å². The topological polar surface area (TPSA) is 102 Å². The first kappa shape index (κ1) is 24.3. The van der Waals surface area contributed by atoms with Crippen molar-refractivity contribution in [1.82, 2.24) is 14.9 Å². The van der Waals surface area contributed by atoms with Gasteiger partial charge in [0.05, 0.1) is 28.6 Å². The summed E-state index contributed by atoms with van der Waals surface area (Å²) in [5.74, 6) is 1.03. The van der Waals surface area contributed by atoms with Gasteiger partial charge in [-0.25, -0.2) is 13.4 Å². The fourth-order valence-corrected chi connectivity index (χ4v) is 4.97. The Morgan fingerprint density at radius 1 is 1.03 bits per heavy atom. The molecular formula is C26H28N4O4S. The number of fused-ring (bicyclic) bond motifs is 1. The van der Waals surface area contributed by atoms with E-state index in [4.69, 9.17) is 9.72 Å². The molecule has 0 fully saturated rings. The number of aromatic nitrogens is 2. The van der Waals surface area contributed by atoms with Gasteiger partial charge < -0.3 is 14.6 Å². The number of aryl methyl sites for hydroxylation is 1. The van der Waals surface area contributed by atoms with Gasteiger partial charge in [-0.3, -0.25) is 9.52 Å². The first-order valence-corrected chi connectivity index (χ1v) is 12.9. The first-order valence-electron chi connectivity index (χ1n) is 11.4. The normalized spacial score (nSPS) is 12.3. The lowest BCUT2D eigenvalue weighted by atomic mass is 10.1. The number of imidazole rings is 1. The van der Waals surface area contributed by atoms with Crippen molar-refractivity contribution >= 4 is 32.7 Å². The molecule has 0 aliphatic rings. The van der Waals surface area contributed by atoms with Crippen LogP contribution in [-0.2, 0) is 16.6 Å². The van der Waals surface area contributed by atoms with Crippen LogP contribution in [0.4, 0.5) is 5.69 Å². The maximum Gasteiger partial charge on any atom is 0.261 e. The molecule has 1 unspecified atom stereocenters. The van der Waals surface area contributed by atoms with E-state index in [1.165, 1.54) is 18.2 Å². The molecule has 3 aromatic carbocycles. The van der Waals surface area contributed by atoms with Gasteiger partial charge in [0.2, 0.25) is 0 Å². The molecule has 182 valence electrons. The molecule has 4 aromatic rings. The number of rotatable bonds is 9. The van der Waals surface area contributed by atoms with Crippen LogP contribution in [0.15, 0.2) is 77.7 Å². The van der Waals surface area contributed by atoms with E-state index in [1.807, 2.05) is 45.0 Å². The maximum atomic E-state index is 13.0. The highest BCUT2D eigenvalue weighted by molar-refractivity contribution is 7.92. The van der Waals surface area contributed by atoms with Crippen LogP contribution in [-0.4, -0.2) is 30.5 Å². The molecule has 0 aliphatic carbocycles. The van der Waals surface area contributed by atoms with Gasteiger partial charge in [0, 0.05) is 17.8 Å². The molecule has 0 bridgehead atoms. The summed E-state index contributed by atoms with van der Waals surface area (Å²) in [5.41, 5.74) is 2.51. The lowest BCUT2D eigenvalue weighted by Crippen LogP contribution is -2.28. The largest absolute Gasteiger partial charge is 0.494 e. The Morgan fingerprint density at radius 3 is 2.49 bits per heavy atom. The van der Waals surface area contributed by atoms with Crippen LogP contribution in [0.1, 0.15) is 43.0 Å². The number of hydrogen-bond acceptors (Lipinski definition) is 5. The van der Waals surface area contributed by atoms with Crippen molar-refractivity contribution in [1.29, 1.82) is 0 Å². The summed E-state index contributed by atoms with van der Waals surface area (Å²) in [6.07, 6.45) is 0. The number of sulfonamides is 1. The van der Waals surface area contributed by atoms with Gasteiger partial charge in [0.25, 0.3) is 15.9 Å². The van der Waals surface area contributed by atoms with Crippen LogP contribution in [0.3, 0.4) is 0 Å². The van der Waals surface area contributed by atoms with Crippen LogP contribution in [0.2, 0.25) is 0 Å². The summed E-state index contributed by atoms with van der Waals surface area (Å²) >= 11 is 0.